The summed E-state index contributed by atoms with van der Waals surface area (Å²) in [6.45, 7) is 4.58. The van der Waals surface area contributed by atoms with Crippen LogP contribution in [0.2, 0.25) is 0 Å². The molecule has 0 amide bonds. The van der Waals surface area contributed by atoms with Crippen LogP contribution in [-0.2, 0) is 6.42 Å². The average Bonchev–Trinajstić information content (AvgIpc) is 3.29. The number of aromatic nitrogens is 2. The van der Waals surface area contributed by atoms with Gasteiger partial charge in [-0.15, -0.1) is 0 Å². The smallest absolute Gasteiger partial charge is 0.265 e. The van der Waals surface area contributed by atoms with Gasteiger partial charge in [-0.2, -0.15) is 0 Å². The highest BCUT2D eigenvalue weighted by Gasteiger charge is 2.15. The predicted molar refractivity (Wildman–Crippen MR) is 112 cm³/mol. The van der Waals surface area contributed by atoms with Crippen molar-refractivity contribution in [3.8, 4) is 11.1 Å². The van der Waals surface area contributed by atoms with Gasteiger partial charge in [0.1, 0.15) is 11.5 Å². The molecule has 3 heterocycles. The number of hydrogen-bond acceptors (Lipinski definition) is 4. The molecule has 1 aromatic carbocycles. The van der Waals surface area contributed by atoms with E-state index in [0.29, 0.717) is 28.9 Å². The van der Waals surface area contributed by atoms with Crippen molar-refractivity contribution in [2.24, 2.45) is 0 Å². The first-order valence-electron chi connectivity index (χ1n) is 9.88. The average molecular weight is 382 g/mol. The quantitative estimate of drug-likeness (QED) is 0.674. The summed E-state index contributed by atoms with van der Waals surface area (Å²) in [5.74, 6) is -0.526. The van der Waals surface area contributed by atoms with Gasteiger partial charge in [-0.1, -0.05) is 25.5 Å². The Labute approximate surface area is 164 Å². The second-order valence-corrected chi connectivity index (χ2v) is 6.96. The van der Waals surface area contributed by atoms with Crippen molar-refractivity contribution in [1.29, 1.82) is 0 Å². The molecule has 0 bridgehead atoms. The summed E-state index contributed by atoms with van der Waals surface area (Å²) >= 11 is 0. The van der Waals surface area contributed by atoms with E-state index in [-0.39, 0.29) is 11.2 Å². The van der Waals surface area contributed by atoms with Crippen LogP contribution in [0.3, 0.4) is 0 Å². The number of nitrogens with one attached hydrogen (secondary N) is 1. The topological polar surface area (TPSA) is 72.4 Å². The van der Waals surface area contributed by atoms with Crippen molar-refractivity contribution >= 4 is 11.3 Å². The van der Waals surface area contributed by atoms with E-state index in [1.165, 1.54) is 42.5 Å². The molecule has 1 aliphatic heterocycles. The molecule has 1 saturated heterocycles. The number of halogens is 1. The number of anilines is 1. The van der Waals surface area contributed by atoms with Crippen molar-refractivity contribution in [2.75, 3.05) is 18.8 Å². The predicted octanol–water partition coefficient (Wildman–Crippen LogP) is 3.80. The van der Waals surface area contributed by atoms with E-state index in [0.717, 1.165) is 12.8 Å². The second kappa shape index (κ2) is 9.46. The summed E-state index contributed by atoms with van der Waals surface area (Å²) in [6.07, 6.45) is 7.04. The summed E-state index contributed by atoms with van der Waals surface area (Å²) in [4.78, 5) is 17.5. The van der Waals surface area contributed by atoms with E-state index in [2.05, 4.69) is 17.2 Å². The van der Waals surface area contributed by atoms with Crippen LogP contribution >= 0.6 is 0 Å². The standard InChI is InChI=1S/C18H18FN3O.C4H9N/c1-2-3-6-15-17(12-8-9-14(20)13(19)11-12)18(23)22-10-5-4-7-16(22)21-15;1-2-4-5-3-1/h4-5,7-11H,2-3,6,20H2,1H3;5H,1-4H2. The molecule has 0 radical (unpaired) electrons. The Morgan fingerprint density at radius 3 is 2.64 bits per heavy atom. The number of rotatable bonds is 4. The molecule has 2 aromatic heterocycles. The summed E-state index contributed by atoms with van der Waals surface area (Å²) in [7, 11) is 0. The van der Waals surface area contributed by atoms with Crippen molar-refractivity contribution in [3.63, 3.8) is 0 Å². The first kappa shape index (κ1) is 20.0. The molecule has 28 heavy (non-hydrogen) atoms. The minimum Gasteiger partial charge on any atom is -0.396 e. The third-order valence-corrected chi connectivity index (χ3v) is 4.82. The van der Waals surface area contributed by atoms with Crippen molar-refractivity contribution < 1.29 is 4.39 Å². The van der Waals surface area contributed by atoms with Gasteiger partial charge < -0.3 is 11.1 Å². The Kier molecular flexibility index (Phi) is 6.76. The second-order valence-electron chi connectivity index (χ2n) is 6.96. The lowest BCUT2D eigenvalue weighted by Gasteiger charge is -2.11. The van der Waals surface area contributed by atoms with E-state index in [4.69, 9.17) is 5.73 Å². The normalized spacial score (nSPS) is 13.4. The van der Waals surface area contributed by atoms with Gasteiger partial charge in [0, 0.05) is 6.20 Å². The van der Waals surface area contributed by atoms with Crippen LogP contribution in [0.5, 0.6) is 0 Å². The van der Waals surface area contributed by atoms with E-state index < -0.39 is 5.82 Å². The van der Waals surface area contributed by atoms with E-state index in [1.54, 1.807) is 24.4 Å². The zero-order chi connectivity index (χ0) is 19.9. The maximum absolute atomic E-state index is 13.8. The maximum atomic E-state index is 13.8. The van der Waals surface area contributed by atoms with Crippen LogP contribution < -0.4 is 16.6 Å². The minimum absolute atomic E-state index is 0.0673. The molecule has 1 fully saturated rings. The van der Waals surface area contributed by atoms with Crippen LogP contribution in [0, 0.1) is 5.82 Å². The molecule has 0 saturated carbocycles. The molecule has 6 heteroatoms. The third kappa shape index (κ3) is 4.57. The molecule has 148 valence electrons. The number of nitrogens with two attached hydrogens (primary N) is 1. The van der Waals surface area contributed by atoms with E-state index in [1.807, 2.05) is 6.07 Å². The monoisotopic (exact) mass is 382 g/mol. The molecule has 3 N–H and O–H groups in total. The zero-order valence-electron chi connectivity index (χ0n) is 16.2. The highest BCUT2D eigenvalue weighted by atomic mass is 19.1. The third-order valence-electron chi connectivity index (χ3n) is 4.82. The molecule has 5 nitrogen and oxygen atoms in total. The summed E-state index contributed by atoms with van der Waals surface area (Å²) in [6, 6.07) is 9.86. The maximum Gasteiger partial charge on any atom is 0.265 e. The Balaban J connectivity index is 0.000000391. The van der Waals surface area contributed by atoms with Crippen molar-refractivity contribution in [3.05, 3.63) is 64.5 Å². The van der Waals surface area contributed by atoms with Crippen LogP contribution in [-0.4, -0.2) is 22.5 Å². The number of aryl methyl sites for hydroxylation is 1. The molecule has 0 atom stereocenters. The SMILES string of the molecule is C1CCNC1.CCCCc1nc2ccccn2c(=O)c1-c1ccc(N)c(F)c1. The van der Waals surface area contributed by atoms with Crippen molar-refractivity contribution in [2.45, 2.75) is 39.0 Å². The van der Waals surface area contributed by atoms with Crippen LogP contribution in [0.1, 0.15) is 38.3 Å². The Morgan fingerprint density at radius 1 is 1.21 bits per heavy atom. The highest BCUT2D eigenvalue weighted by molar-refractivity contribution is 5.68. The first-order chi connectivity index (χ1) is 13.6. The largest absolute Gasteiger partial charge is 0.396 e. The van der Waals surface area contributed by atoms with Crippen LogP contribution in [0.4, 0.5) is 10.1 Å². The highest BCUT2D eigenvalue weighted by Crippen LogP contribution is 2.24. The van der Waals surface area contributed by atoms with Gasteiger partial charge in [0.25, 0.3) is 5.56 Å². The van der Waals surface area contributed by atoms with E-state index >= 15 is 0 Å². The lowest BCUT2D eigenvalue weighted by atomic mass is 10.0. The molecule has 3 aromatic rings. The van der Waals surface area contributed by atoms with Crippen LogP contribution in [0.15, 0.2) is 47.4 Å². The Morgan fingerprint density at radius 2 is 2.00 bits per heavy atom. The number of pyridine rings is 1. The molecular formula is C22H27FN4O. The van der Waals surface area contributed by atoms with Gasteiger partial charge in [-0.3, -0.25) is 9.20 Å². The van der Waals surface area contributed by atoms with Gasteiger partial charge in [0.05, 0.1) is 16.9 Å². The Bertz CT molecular complexity index is 988. The fourth-order valence-electron chi connectivity index (χ4n) is 3.26. The molecule has 0 unspecified atom stereocenters. The van der Waals surface area contributed by atoms with Gasteiger partial charge in [0.2, 0.25) is 0 Å². The number of nitrogen functional groups attached to an aromatic ring is 1. The number of nitrogens with zero attached hydrogens (tertiary/aromatic N) is 2. The minimum atomic E-state index is -0.526. The van der Waals surface area contributed by atoms with Crippen LogP contribution in [0.25, 0.3) is 16.8 Å². The molecule has 1 aliphatic rings. The molecule has 0 aliphatic carbocycles. The number of benzene rings is 1. The Hall–Kier alpha value is -2.73. The van der Waals surface area contributed by atoms with Crippen molar-refractivity contribution in [1.82, 2.24) is 14.7 Å². The first-order valence-corrected chi connectivity index (χ1v) is 9.88. The fraction of sp³-hybridized carbons (Fsp3) is 0.364. The molecule has 4 rings (SSSR count). The van der Waals surface area contributed by atoms with E-state index in [9.17, 15) is 9.18 Å². The number of hydrogen-bond donors (Lipinski definition) is 2. The lowest BCUT2D eigenvalue weighted by molar-refractivity contribution is 0.633. The summed E-state index contributed by atoms with van der Waals surface area (Å²) in [5.41, 5.74) is 7.68. The van der Waals surface area contributed by atoms with Gasteiger partial charge >= 0.3 is 0 Å². The van der Waals surface area contributed by atoms with Gasteiger partial charge in [-0.05, 0) is 68.6 Å². The zero-order valence-corrected chi connectivity index (χ0v) is 16.2. The number of fused-ring (bicyclic) bond motifs is 1. The summed E-state index contributed by atoms with van der Waals surface area (Å²) < 4.78 is 15.3. The van der Waals surface area contributed by atoms with Gasteiger partial charge in [0.15, 0.2) is 0 Å². The van der Waals surface area contributed by atoms with Gasteiger partial charge in [-0.25, -0.2) is 9.37 Å². The molecular weight excluding hydrogens is 355 g/mol. The molecule has 0 spiro atoms. The summed E-state index contributed by atoms with van der Waals surface area (Å²) in [5, 5.41) is 3.22. The number of unbranched alkanes of at least 4 members (excludes halogenated alkanes) is 1. The fourth-order valence-corrected chi connectivity index (χ4v) is 3.26. The lowest BCUT2D eigenvalue weighted by Crippen LogP contribution is -2.20.